The van der Waals surface area contributed by atoms with E-state index < -0.39 is 17.6 Å². The lowest BCUT2D eigenvalue weighted by molar-refractivity contribution is -0.131. The molecule has 0 aromatic heterocycles. The molecule has 108 valence electrons. The topological polar surface area (TPSA) is 46.5 Å². The molecule has 0 aliphatic rings. The van der Waals surface area contributed by atoms with E-state index in [1.807, 2.05) is 0 Å². The molecule has 21 heavy (non-hydrogen) atoms. The summed E-state index contributed by atoms with van der Waals surface area (Å²) in [4.78, 5) is 10.6. The van der Waals surface area contributed by atoms with Gasteiger partial charge in [-0.15, -0.1) is 0 Å². The molecule has 3 nitrogen and oxygen atoms in total. The predicted molar refractivity (Wildman–Crippen MR) is 74.6 cm³/mol. The van der Waals surface area contributed by atoms with Gasteiger partial charge in [0.1, 0.15) is 11.6 Å². The first-order valence-corrected chi connectivity index (χ1v) is 6.17. The van der Waals surface area contributed by atoms with Crippen molar-refractivity contribution in [2.24, 2.45) is 0 Å². The van der Waals surface area contributed by atoms with E-state index in [9.17, 15) is 13.6 Å². The Bertz CT molecular complexity index is 714. The van der Waals surface area contributed by atoms with E-state index in [0.717, 1.165) is 24.3 Å². The van der Waals surface area contributed by atoms with Gasteiger partial charge in [0, 0.05) is 22.7 Å². The van der Waals surface area contributed by atoms with E-state index in [4.69, 9.17) is 21.4 Å². The van der Waals surface area contributed by atoms with Gasteiger partial charge in [0.25, 0.3) is 0 Å². The summed E-state index contributed by atoms with van der Waals surface area (Å²) in [6, 6.07) is 7.19. The Labute approximate surface area is 124 Å². The fraction of sp³-hybridized carbons (Fsp3) is 0. The lowest BCUT2D eigenvalue weighted by Gasteiger charge is -2.10. The predicted octanol–water partition coefficient (Wildman–Crippen LogP) is 4.51. The first-order valence-electron chi connectivity index (χ1n) is 5.79. The number of halogens is 3. The molecule has 6 heteroatoms. The van der Waals surface area contributed by atoms with Crippen LogP contribution in [0, 0.1) is 11.6 Å². The van der Waals surface area contributed by atoms with Crippen molar-refractivity contribution < 1.29 is 23.4 Å². The highest BCUT2D eigenvalue weighted by molar-refractivity contribution is 6.30. The second-order valence-electron chi connectivity index (χ2n) is 4.03. The number of hydrogen-bond acceptors (Lipinski definition) is 2. The summed E-state index contributed by atoms with van der Waals surface area (Å²) in [5, 5.41) is 8.99. The molecule has 0 spiro atoms. The molecule has 0 atom stereocenters. The summed E-state index contributed by atoms with van der Waals surface area (Å²) in [5.41, 5.74) is 0.327. The molecule has 0 unspecified atom stereocenters. The number of rotatable bonds is 4. The van der Waals surface area contributed by atoms with Crippen LogP contribution in [-0.4, -0.2) is 11.1 Å². The largest absolute Gasteiger partial charge is 0.478 e. The van der Waals surface area contributed by atoms with Crippen molar-refractivity contribution in [3.63, 3.8) is 0 Å². The molecule has 0 aliphatic heterocycles. The maximum absolute atomic E-state index is 13.6. The van der Waals surface area contributed by atoms with E-state index in [-0.39, 0.29) is 11.5 Å². The number of benzene rings is 2. The quantitative estimate of drug-likeness (QED) is 0.845. The van der Waals surface area contributed by atoms with Crippen LogP contribution >= 0.6 is 11.6 Å². The van der Waals surface area contributed by atoms with Crippen LogP contribution in [0.5, 0.6) is 11.5 Å². The Kier molecular flexibility index (Phi) is 4.55. The first kappa shape index (κ1) is 15.0. The fourth-order valence-corrected chi connectivity index (χ4v) is 1.76. The molecule has 0 aliphatic carbocycles. The van der Waals surface area contributed by atoms with Crippen LogP contribution in [0.3, 0.4) is 0 Å². The van der Waals surface area contributed by atoms with Crippen molar-refractivity contribution in [2.75, 3.05) is 0 Å². The minimum absolute atomic E-state index is 0.154. The Hall–Kier alpha value is -2.40. The molecule has 0 saturated carbocycles. The van der Waals surface area contributed by atoms with Crippen molar-refractivity contribution in [1.29, 1.82) is 0 Å². The van der Waals surface area contributed by atoms with E-state index in [1.165, 1.54) is 24.3 Å². The molecule has 0 amide bonds. The third-order valence-corrected chi connectivity index (χ3v) is 2.73. The Morgan fingerprint density at radius 2 is 1.90 bits per heavy atom. The van der Waals surface area contributed by atoms with Gasteiger partial charge < -0.3 is 9.84 Å². The zero-order chi connectivity index (χ0) is 15.4. The van der Waals surface area contributed by atoms with E-state index >= 15 is 0 Å². The molecule has 2 aromatic rings. The first-order chi connectivity index (χ1) is 9.95. The summed E-state index contributed by atoms with van der Waals surface area (Å²) in [6.45, 7) is 0. The molecule has 2 aromatic carbocycles. The van der Waals surface area contributed by atoms with Gasteiger partial charge in [-0.3, -0.25) is 0 Å². The van der Waals surface area contributed by atoms with Crippen LogP contribution in [0.4, 0.5) is 8.78 Å². The van der Waals surface area contributed by atoms with Crippen molar-refractivity contribution in [2.45, 2.75) is 0 Å². The molecule has 0 radical (unpaired) electrons. The van der Waals surface area contributed by atoms with Crippen LogP contribution in [0.15, 0.2) is 42.5 Å². The third kappa shape index (κ3) is 4.03. The number of carbonyl (C=O) groups is 1. The smallest absolute Gasteiger partial charge is 0.328 e. The SMILES string of the molecule is O=C(O)/C=C/c1cc(Cl)ccc1Oc1cc(F)ccc1F. The van der Waals surface area contributed by atoms with Crippen LogP contribution in [-0.2, 0) is 4.79 Å². The fourth-order valence-electron chi connectivity index (χ4n) is 1.58. The second kappa shape index (κ2) is 6.37. The van der Waals surface area contributed by atoms with E-state index in [0.29, 0.717) is 10.6 Å². The van der Waals surface area contributed by atoms with E-state index in [2.05, 4.69) is 0 Å². The lowest BCUT2D eigenvalue weighted by Crippen LogP contribution is -1.93. The molecule has 2 rings (SSSR count). The van der Waals surface area contributed by atoms with Gasteiger partial charge in [0.05, 0.1) is 0 Å². The highest BCUT2D eigenvalue weighted by Gasteiger charge is 2.09. The van der Waals surface area contributed by atoms with Crippen molar-refractivity contribution in [3.8, 4) is 11.5 Å². The van der Waals surface area contributed by atoms with Gasteiger partial charge in [-0.05, 0) is 36.4 Å². The molecule has 0 bridgehead atoms. The molecule has 0 heterocycles. The van der Waals surface area contributed by atoms with Crippen LogP contribution in [0.2, 0.25) is 5.02 Å². The lowest BCUT2D eigenvalue weighted by atomic mass is 10.2. The monoisotopic (exact) mass is 310 g/mol. The second-order valence-corrected chi connectivity index (χ2v) is 4.47. The Balaban J connectivity index is 2.39. The number of hydrogen-bond donors (Lipinski definition) is 1. The van der Waals surface area contributed by atoms with Crippen molar-refractivity contribution >= 4 is 23.6 Å². The average molecular weight is 311 g/mol. The molecule has 0 fully saturated rings. The van der Waals surface area contributed by atoms with Crippen molar-refractivity contribution in [1.82, 2.24) is 0 Å². The third-order valence-electron chi connectivity index (χ3n) is 2.49. The van der Waals surface area contributed by atoms with Gasteiger partial charge in [-0.2, -0.15) is 0 Å². The molecular formula is C15H9ClF2O3. The summed E-state index contributed by atoms with van der Waals surface area (Å²) in [6.07, 6.45) is 2.14. The average Bonchev–Trinajstić information content (AvgIpc) is 2.43. The van der Waals surface area contributed by atoms with E-state index in [1.54, 1.807) is 0 Å². The van der Waals surface area contributed by atoms with Gasteiger partial charge in [0.2, 0.25) is 0 Å². The summed E-state index contributed by atoms with van der Waals surface area (Å²) < 4.78 is 32.0. The number of carboxylic acids is 1. The highest BCUT2D eigenvalue weighted by atomic mass is 35.5. The number of ether oxygens (including phenoxy) is 1. The summed E-state index contributed by atoms with van der Waals surface area (Å²) >= 11 is 5.82. The molecule has 1 N–H and O–H groups in total. The zero-order valence-electron chi connectivity index (χ0n) is 10.5. The van der Waals surface area contributed by atoms with Gasteiger partial charge in [0.15, 0.2) is 11.6 Å². The maximum atomic E-state index is 13.6. The zero-order valence-corrected chi connectivity index (χ0v) is 11.3. The van der Waals surface area contributed by atoms with Gasteiger partial charge in [-0.1, -0.05) is 11.6 Å². The number of carboxylic acid groups (broad SMARTS) is 1. The maximum Gasteiger partial charge on any atom is 0.328 e. The van der Waals surface area contributed by atoms with Crippen LogP contribution < -0.4 is 4.74 Å². The Morgan fingerprint density at radius 3 is 2.62 bits per heavy atom. The summed E-state index contributed by atoms with van der Waals surface area (Å²) in [5.74, 6) is -2.69. The highest BCUT2D eigenvalue weighted by Crippen LogP contribution is 2.30. The van der Waals surface area contributed by atoms with Crippen LogP contribution in [0.1, 0.15) is 5.56 Å². The summed E-state index contributed by atoms with van der Waals surface area (Å²) in [7, 11) is 0. The normalized spacial score (nSPS) is 10.8. The van der Waals surface area contributed by atoms with Crippen LogP contribution in [0.25, 0.3) is 6.08 Å². The van der Waals surface area contributed by atoms with Gasteiger partial charge >= 0.3 is 5.97 Å². The van der Waals surface area contributed by atoms with Crippen molar-refractivity contribution in [3.05, 3.63) is 64.7 Å². The van der Waals surface area contributed by atoms with Gasteiger partial charge in [-0.25, -0.2) is 13.6 Å². The Morgan fingerprint density at radius 1 is 1.14 bits per heavy atom. The molecule has 0 saturated heterocycles. The number of aliphatic carboxylic acids is 1. The standard InChI is InChI=1S/C15H9ClF2O3/c16-10-2-5-13(9(7-10)1-6-15(19)20)21-14-8-11(17)3-4-12(14)18/h1-8H,(H,19,20)/b6-1+. The minimum atomic E-state index is -1.15. The molecular weight excluding hydrogens is 302 g/mol. The minimum Gasteiger partial charge on any atom is -0.478 e.